The lowest BCUT2D eigenvalue weighted by atomic mass is 10.0. The number of H-pyrrole nitrogens is 1. The summed E-state index contributed by atoms with van der Waals surface area (Å²) in [5.41, 5.74) is 1.57. The number of carbonyl (C=O) groups is 2. The molecule has 6 rings (SSSR count). The van der Waals surface area contributed by atoms with Crippen molar-refractivity contribution in [1.82, 2.24) is 19.9 Å². The number of benzene rings is 3. The molecule has 9 nitrogen and oxygen atoms in total. The van der Waals surface area contributed by atoms with Gasteiger partial charge in [0.1, 0.15) is 35.0 Å². The highest BCUT2D eigenvalue weighted by molar-refractivity contribution is 6.18. The molecule has 42 heavy (non-hydrogen) atoms. The van der Waals surface area contributed by atoms with E-state index in [1.165, 1.54) is 6.33 Å². The zero-order valence-electron chi connectivity index (χ0n) is 23.0. The quantitative estimate of drug-likeness (QED) is 0.217. The number of amides is 1. The predicted octanol–water partition coefficient (Wildman–Crippen LogP) is 5.85. The van der Waals surface area contributed by atoms with E-state index in [0.29, 0.717) is 52.6 Å². The largest absolute Gasteiger partial charge is 0.484 e. The van der Waals surface area contributed by atoms with Gasteiger partial charge in [-0.1, -0.05) is 36.4 Å². The standard InChI is InChI=1S/C33H31N5O4/c39-29(21-41-25-10-3-1-4-11-25)38-18-8-7-9-24(20-38)37-33-30-28(19-34-32(30)35-22-36-33)31(40)23-14-16-27(17-15-23)42-26-12-5-2-6-13-26/h1-6,10-17,19,22,24H,7-9,18,20-21H2,(H2,34,35,36,37). The summed E-state index contributed by atoms with van der Waals surface area (Å²) in [7, 11) is 0. The molecule has 0 radical (unpaired) electrons. The number of ketones is 1. The summed E-state index contributed by atoms with van der Waals surface area (Å²) in [4.78, 5) is 40.4. The smallest absolute Gasteiger partial charge is 0.260 e. The van der Waals surface area contributed by atoms with Gasteiger partial charge in [-0.25, -0.2) is 9.97 Å². The molecule has 2 N–H and O–H groups in total. The summed E-state index contributed by atoms with van der Waals surface area (Å²) in [6, 6.07) is 25.9. The number of aromatic amines is 1. The zero-order valence-corrected chi connectivity index (χ0v) is 23.0. The molecule has 1 atom stereocenters. The molecule has 1 fully saturated rings. The highest BCUT2D eigenvalue weighted by Gasteiger charge is 2.25. The molecule has 1 aliphatic rings. The Bertz CT molecular complexity index is 1660. The summed E-state index contributed by atoms with van der Waals surface area (Å²) >= 11 is 0. The molecular formula is C33H31N5O4. The Kier molecular flexibility index (Phi) is 8.07. The normalized spacial score (nSPS) is 15.1. The van der Waals surface area contributed by atoms with E-state index in [1.807, 2.05) is 65.6 Å². The minimum atomic E-state index is -0.152. The second-order valence-electron chi connectivity index (χ2n) is 10.2. The van der Waals surface area contributed by atoms with E-state index in [0.717, 1.165) is 25.0 Å². The molecule has 1 amide bonds. The SMILES string of the molecule is O=C(c1ccc(Oc2ccccc2)cc1)c1c[nH]c2ncnc(NC3CCCCN(C(=O)COc4ccccc4)C3)c12. The molecule has 3 heterocycles. The van der Waals surface area contributed by atoms with Gasteiger partial charge < -0.3 is 24.7 Å². The maximum atomic E-state index is 13.6. The summed E-state index contributed by atoms with van der Waals surface area (Å²) in [6.45, 7) is 1.17. The number of fused-ring (bicyclic) bond motifs is 1. The van der Waals surface area contributed by atoms with Crippen LogP contribution in [0.25, 0.3) is 11.0 Å². The molecule has 0 spiro atoms. The van der Waals surface area contributed by atoms with Crippen LogP contribution < -0.4 is 14.8 Å². The first-order valence-electron chi connectivity index (χ1n) is 14.1. The van der Waals surface area contributed by atoms with E-state index in [-0.39, 0.29) is 24.3 Å². The van der Waals surface area contributed by atoms with Crippen molar-refractivity contribution in [3.05, 3.63) is 109 Å². The van der Waals surface area contributed by atoms with Crippen LogP contribution in [0.3, 0.4) is 0 Å². The number of para-hydroxylation sites is 2. The highest BCUT2D eigenvalue weighted by Crippen LogP contribution is 2.28. The number of ether oxygens (including phenoxy) is 2. The maximum Gasteiger partial charge on any atom is 0.260 e. The summed E-state index contributed by atoms with van der Waals surface area (Å²) < 4.78 is 11.6. The van der Waals surface area contributed by atoms with E-state index < -0.39 is 0 Å². The second-order valence-corrected chi connectivity index (χ2v) is 10.2. The molecule has 212 valence electrons. The fourth-order valence-electron chi connectivity index (χ4n) is 5.14. The Morgan fingerprint density at radius 3 is 2.36 bits per heavy atom. The number of nitrogens with zero attached hydrogens (tertiary/aromatic N) is 3. The summed E-state index contributed by atoms with van der Waals surface area (Å²) in [6.07, 6.45) is 5.88. The van der Waals surface area contributed by atoms with Crippen molar-refractivity contribution in [2.45, 2.75) is 25.3 Å². The van der Waals surface area contributed by atoms with Crippen LogP contribution >= 0.6 is 0 Å². The third-order valence-corrected chi connectivity index (χ3v) is 7.28. The van der Waals surface area contributed by atoms with Gasteiger partial charge in [0.2, 0.25) is 0 Å². The van der Waals surface area contributed by atoms with Crippen LogP contribution in [0.15, 0.2) is 97.5 Å². The number of hydrogen-bond donors (Lipinski definition) is 2. The Morgan fingerprint density at radius 2 is 1.60 bits per heavy atom. The predicted molar refractivity (Wildman–Crippen MR) is 160 cm³/mol. The number of anilines is 1. The third kappa shape index (κ3) is 6.25. The van der Waals surface area contributed by atoms with Crippen molar-refractivity contribution in [3.63, 3.8) is 0 Å². The van der Waals surface area contributed by atoms with E-state index >= 15 is 0 Å². The minimum absolute atomic E-state index is 0.0138. The number of likely N-dealkylation sites (tertiary alicyclic amines) is 1. The fraction of sp³-hybridized carbons (Fsp3) is 0.212. The van der Waals surface area contributed by atoms with Crippen LogP contribution in [0.4, 0.5) is 5.82 Å². The van der Waals surface area contributed by atoms with E-state index in [4.69, 9.17) is 9.47 Å². The van der Waals surface area contributed by atoms with Crippen molar-refractivity contribution in [2.24, 2.45) is 0 Å². The molecule has 1 aliphatic heterocycles. The van der Waals surface area contributed by atoms with Crippen molar-refractivity contribution in [3.8, 4) is 17.2 Å². The molecule has 0 bridgehead atoms. The van der Waals surface area contributed by atoms with Gasteiger partial charge in [0.15, 0.2) is 12.4 Å². The summed E-state index contributed by atoms with van der Waals surface area (Å²) in [5, 5.41) is 4.14. The molecule has 0 aliphatic carbocycles. The molecule has 9 heteroatoms. The summed E-state index contributed by atoms with van der Waals surface area (Å²) in [5.74, 6) is 2.39. The second kappa shape index (κ2) is 12.6. The Labute approximate surface area is 243 Å². The zero-order chi connectivity index (χ0) is 28.7. The molecule has 2 aromatic heterocycles. The van der Waals surface area contributed by atoms with E-state index in [1.54, 1.807) is 30.5 Å². The van der Waals surface area contributed by atoms with Crippen molar-refractivity contribution < 1.29 is 19.1 Å². The van der Waals surface area contributed by atoms with Crippen LogP contribution in [-0.4, -0.2) is 57.3 Å². The molecule has 1 unspecified atom stereocenters. The highest BCUT2D eigenvalue weighted by atomic mass is 16.5. The molecule has 3 aromatic carbocycles. The minimum Gasteiger partial charge on any atom is -0.484 e. The van der Waals surface area contributed by atoms with Gasteiger partial charge in [-0.2, -0.15) is 0 Å². The third-order valence-electron chi connectivity index (χ3n) is 7.28. The van der Waals surface area contributed by atoms with Gasteiger partial charge in [0, 0.05) is 30.9 Å². The van der Waals surface area contributed by atoms with Crippen molar-refractivity contribution >= 4 is 28.5 Å². The van der Waals surface area contributed by atoms with E-state index in [2.05, 4.69) is 20.3 Å². The van der Waals surface area contributed by atoms with Crippen molar-refractivity contribution in [1.29, 1.82) is 0 Å². The van der Waals surface area contributed by atoms with Crippen LogP contribution in [0.5, 0.6) is 17.2 Å². The van der Waals surface area contributed by atoms with Crippen LogP contribution in [-0.2, 0) is 4.79 Å². The maximum absolute atomic E-state index is 13.6. The number of hydrogen-bond acceptors (Lipinski definition) is 7. The van der Waals surface area contributed by atoms with Gasteiger partial charge in [-0.15, -0.1) is 0 Å². The number of nitrogens with one attached hydrogen (secondary N) is 2. The van der Waals surface area contributed by atoms with Gasteiger partial charge in [0.05, 0.1) is 10.9 Å². The first kappa shape index (κ1) is 27.0. The number of rotatable bonds is 9. The topological polar surface area (TPSA) is 109 Å². The van der Waals surface area contributed by atoms with Gasteiger partial charge in [-0.3, -0.25) is 9.59 Å². The van der Waals surface area contributed by atoms with Crippen LogP contribution in [0.2, 0.25) is 0 Å². The molecule has 0 saturated carbocycles. The van der Waals surface area contributed by atoms with Gasteiger partial charge >= 0.3 is 0 Å². The first-order chi connectivity index (χ1) is 20.6. The molecular weight excluding hydrogens is 530 g/mol. The van der Waals surface area contributed by atoms with Crippen LogP contribution in [0, 0.1) is 0 Å². The van der Waals surface area contributed by atoms with E-state index in [9.17, 15) is 9.59 Å². The average Bonchev–Trinajstić information content (AvgIpc) is 3.34. The van der Waals surface area contributed by atoms with Gasteiger partial charge in [-0.05, 0) is 67.8 Å². The van der Waals surface area contributed by atoms with Crippen molar-refractivity contribution in [2.75, 3.05) is 25.0 Å². The van der Waals surface area contributed by atoms with Gasteiger partial charge in [0.25, 0.3) is 5.91 Å². The number of carbonyl (C=O) groups excluding carboxylic acids is 2. The fourth-order valence-corrected chi connectivity index (χ4v) is 5.14. The van der Waals surface area contributed by atoms with Crippen LogP contribution in [0.1, 0.15) is 35.2 Å². The molecule has 1 saturated heterocycles. The Morgan fingerprint density at radius 1 is 0.881 bits per heavy atom. The lowest BCUT2D eigenvalue weighted by Crippen LogP contribution is -2.41. The Balaban J connectivity index is 1.17. The monoisotopic (exact) mass is 561 g/mol. The molecule has 5 aromatic rings. The Hall–Kier alpha value is -5.18. The first-order valence-corrected chi connectivity index (χ1v) is 14.1. The lowest BCUT2D eigenvalue weighted by molar-refractivity contribution is -0.133. The number of aromatic nitrogens is 3. The average molecular weight is 562 g/mol. The lowest BCUT2D eigenvalue weighted by Gasteiger charge is -2.25.